The third-order valence-electron chi connectivity index (χ3n) is 3.01. The first-order valence-corrected chi connectivity index (χ1v) is 5.73. The summed E-state index contributed by atoms with van der Waals surface area (Å²) in [5, 5.41) is 3.24. The van der Waals surface area contributed by atoms with Crippen LogP contribution in [0.2, 0.25) is 0 Å². The van der Waals surface area contributed by atoms with E-state index in [9.17, 15) is 0 Å². The van der Waals surface area contributed by atoms with Gasteiger partial charge in [0.05, 0.1) is 6.61 Å². The Morgan fingerprint density at radius 2 is 2.20 bits per heavy atom. The van der Waals surface area contributed by atoms with Crippen LogP contribution in [0, 0.1) is 5.92 Å². The van der Waals surface area contributed by atoms with Crippen molar-refractivity contribution >= 4 is 0 Å². The fourth-order valence-electron chi connectivity index (χ4n) is 2.19. The molecule has 0 aliphatic heterocycles. The molecule has 1 aliphatic rings. The van der Waals surface area contributed by atoms with Gasteiger partial charge >= 0.3 is 0 Å². The number of rotatable bonds is 5. The Hall–Kier alpha value is -1.02. The molecular formula is C13H19NO. The van der Waals surface area contributed by atoms with E-state index in [-0.39, 0.29) is 0 Å². The van der Waals surface area contributed by atoms with Crippen molar-refractivity contribution in [1.82, 2.24) is 5.32 Å². The molecule has 0 heterocycles. The van der Waals surface area contributed by atoms with Crippen LogP contribution in [-0.2, 0) is 0 Å². The van der Waals surface area contributed by atoms with Gasteiger partial charge in [-0.1, -0.05) is 18.2 Å². The van der Waals surface area contributed by atoms with Crippen LogP contribution < -0.4 is 10.1 Å². The number of hydrogen-bond acceptors (Lipinski definition) is 2. The van der Waals surface area contributed by atoms with E-state index in [4.69, 9.17) is 4.74 Å². The van der Waals surface area contributed by atoms with Crippen molar-refractivity contribution in [3.05, 3.63) is 29.8 Å². The zero-order chi connectivity index (χ0) is 10.7. The molecule has 1 aliphatic carbocycles. The Labute approximate surface area is 91.6 Å². The van der Waals surface area contributed by atoms with Gasteiger partial charge in [0.1, 0.15) is 5.75 Å². The molecule has 2 nitrogen and oxygen atoms in total. The lowest BCUT2D eigenvalue weighted by Crippen LogP contribution is -2.10. The van der Waals surface area contributed by atoms with Crippen molar-refractivity contribution in [3.8, 4) is 5.75 Å². The zero-order valence-corrected chi connectivity index (χ0v) is 9.49. The summed E-state index contributed by atoms with van der Waals surface area (Å²) in [6.07, 6.45) is 1.30. The van der Waals surface area contributed by atoms with E-state index in [1.165, 1.54) is 12.0 Å². The van der Waals surface area contributed by atoms with Crippen LogP contribution in [0.15, 0.2) is 24.3 Å². The second-order valence-corrected chi connectivity index (χ2v) is 4.13. The lowest BCUT2D eigenvalue weighted by molar-refractivity contribution is 0.336. The van der Waals surface area contributed by atoms with Gasteiger partial charge < -0.3 is 10.1 Å². The van der Waals surface area contributed by atoms with Gasteiger partial charge in [-0.15, -0.1) is 0 Å². The quantitative estimate of drug-likeness (QED) is 0.797. The Bertz CT molecular complexity index is 324. The molecule has 1 aromatic rings. The van der Waals surface area contributed by atoms with Gasteiger partial charge in [-0.3, -0.25) is 0 Å². The van der Waals surface area contributed by atoms with Crippen molar-refractivity contribution in [2.75, 3.05) is 20.2 Å². The lowest BCUT2D eigenvalue weighted by Gasteiger charge is -2.09. The molecule has 2 atom stereocenters. The molecule has 1 saturated carbocycles. The number of nitrogens with one attached hydrogen (secondary N) is 1. The maximum atomic E-state index is 5.64. The van der Waals surface area contributed by atoms with Gasteiger partial charge in [0.25, 0.3) is 0 Å². The summed E-state index contributed by atoms with van der Waals surface area (Å²) in [4.78, 5) is 0. The van der Waals surface area contributed by atoms with E-state index < -0.39 is 0 Å². The fraction of sp³-hybridized carbons (Fsp3) is 0.538. The SMILES string of the molecule is CCOc1ccccc1[C@H]1C[C@H]1CNC. The predicted molar refractivity (Wildman–Crippen MR) is 62.4 cm³/mol. The molecule has 2 heteroatoms. The van der Waals surface area contributed by atoms with Crippen molar-refractivity contribution in [3.63, 3.8) is 0 Å². The maximum absolute atomic E-state index is 5.64. The first kappa shape index (κ1) is 10.5. The molecule has 15 heavy (non-hydrogen) atoms. The molecule has 1 fully saturated rings. The maximum Gasteiger partial charge on any atom is 0.122 e. The smallest absolute Gasteiger partial charge is 0.122 e. The molecule has 2 rings (SSSR count). The molecule has 0 amide bonds. The highest BCUT2D eigenvalue weighted by Crippen LogP contribution is 2.49. The third-order valence-corrected chi connectivity index (χ3v) is 3.01. The number of hydrogen-bond donors (Lipinski definition) is 1. The van der Waals surface area contributed by atoms with E-state index in [2.05, 4.69) is 23.5 Å². The summed E-state index contributed by atoms with van der Waals surface area (Å²) in [6, 6.07) is 8.43. The van der Waals surface area contributed by atoms with Crippen LogP contribution in [-0.4, -0.2) is 20.2 Å². The molecular weight excluding hydrogens is 186 g/mol. The number of para-hydroxylation sites is 1. The van der Waals surface area contributed by atoms with Gasteiger partial charge in [-0.2, -0.15) is 0 Å². The third kappa shape index (κ3) is 2.32. The summed E-state index contributed by atoms with van der Waals surface area (Å²) in [5.41, 5.74) is 1.39. The van der Waals surface area contributed by atoms with E-state index in [0.29, 0.717) is 5.92 Å². The van der Waals surface area contributed by atoms with Crippen LogP contribution in [0.5, 0.6) is 5.75 Å². The zero-order valence-electron chi connectivity index (χ0n) is 9.49. The Morgan fingerprint density at radius 1 is 1.40 bits per heavy atom. The molecule has 0 radical (unpaired) electrons. The van der Waals surface area contributed by atoms with Crippen LogP contribution in [0.25, 0.3) is 0 Å². The summed E-state index contributed by atoms with van der Waals surface area (Å²) in [7, 11) is 2.02. The standard InChI is InChI=1S/C13H19NO/c1-3-15-13-7-5-4-6-11(13)12-8-10(12)9-14-2/h4-7,10,12,14H,3,8-9H2,1-2H3/t10-,12-/m0/s1. The van der Waals surface area contributed by atoms with Crippen LogP contribution >= 0.6 is 0 Å². The van der Waals surface area contributed by atoms with E-state index in [1.54, 1.807) is 0 Å². The minimum Gasteiger partial charge on any atom is -0.494 e. The molecule has 0 unspecified atom stereocenters. The van der Waals surface area contributed by atoms with Gasteiger partial charge in [0, 0.05) is 0 Å². The summed E-state index contributed by atoms with van der Waals surface area (Å²) in [6.45, 7) is 3.90. The second-order valence-electron chi connectivity index (χ2n) is 4.13. The van der Waals surface area contributed by atoms with Crippen LogP contribution in [0.4, 0.5) is 0 Å². The highest BCUT2D eigenvalue weighted by Gasteiger charge is 2.39. The minimum atomic E-state index is 0.709. The topological polar surface area (TPSA) is 21.3 Å². The fourth-order valence-corrected chi connectivity index (χ4v) is 2.19. The van der Waals surface area contributed by atoms with E-state index in [0.717, 1.165) is 24.8 Å². The normalized spacial score (nSPS) is 23.9. The minimum absolute atomic E-state index is 0.709. The first-order chi connectivity index (χ1) is 7.36. The summed E-state index contributed by atoms with van der Waals surface area (Å²) in [5.74, 6) is 2.58. The molecule has 82 valence electrons. The first-order valence-electron chi connectivity index (χ1n) is 5.73. The Morgan fingerprint density at radius 3 is 2.93 bits per heavy atom. The van der Waals surface area contributed by atoms with Crippen molar-refractivity contribution in [1.29, 1.82) is 0 Å². The van der Waals surface area contributed by atoms with Gasteiger partial charge in [0.15, 0.2) is 0 Å². The lowest BCUT2D eigenvalue weighted by atomic mass is 10.1. The number of ether oxygens (including phenoxy) is 1. The Kier molecular flexibility index (Phi) is 3.27. The van der Waals surface area contributed by atoms with E-state index >= 15 is 0 Å². The highest BCUT2D eigenvalue weighted by atomic mass is 16.5. The predicted octanol–water partition coefficient (Wildman–Crippen LogP) is 2.41. The van der Waals surface area contributed by atoms with Gasteiger partial charge in [0.2, 0.25) is 0 Å². The summed E-state index contributed by atoms with van der Waals surface area (Å²) >= 11 is 0. The van der Waals surface area contributed by atoms with Gasteiger partial charge in [-0.25, -0.2) is 0 Å². The van der Waals surface area contributed by atoms with Gasteiger partial charge in [-0.05, 0) is 50.4 Å². The number of benzene rings is 1. The Balaban J connectivity index is 2.08. The van der Waals surface area contributed by atoms with Crippen molar-refractivity contribution in [2.24, 2.45) is 5.92 Å². The molecule has 0 saturated heterocycles. The average Bonchev–Trinajstić information content (AvgIpc) is 2.99. The highest BCUT2D eigenvalue weighted by molar-refractivity contribution is 5.39. The molecule has 1 aromatic carbocycles. The molecule has 0 bridgehead atoms. The largest absolute Gasteiger partial charge is 0.494 e. The van der Waals surface area contributed by atoms with E-state index in [1.807, 2.05) is 20.0 Å². The van der Waals surface area contributed by atoms with Crippen molar-refractivity contribution < 1.29 is 4.74 Å². The van der Waals surface area contributed by atoms with Crippen LogP contribution in [0.1, 0.15) is 24.8 Å². The van der Waals surface area contributed by atoms with Crippen LogP contribution in [0.3, 0.4) is 0 Å². The summed E-state index contributed by atoms with van der Waals surface area (Å²) < 4.78 is 5.64. The monoisotopic (exact) mass is 205 g/mol. The molecule has 0 spiro atoms. The second kappa shape index (κ2) is 4.67. The molecule has 0 aromatic heterocycles. The van der Waals surface area contributed by atoms with Crippen molar-refractivity contribution in [2.45, 2.75) is 19.3 Å². The average molecular weight is 205 g/mol. The molecule has 1 N–H and O–H groups in total.